The highest BCUT2D eigenvalue weighted by atomic mass is 35.5. The van der Waals surface area contributed by atoms with Crippen LogP contribution in [0.1, 0.15) is 28.2 Å². The highest BCUT2D eigenvalue weighted by molar-refractivity contribution is 6.30. The predicted octanol–water partition coefficient (Wildman–Crippen LogP) is 4.43. The van der Waals surface area contributed by atoms with Crippen molar-refractivity contribution in [2.75, 3.05) is 11.9 Å². The average Bonchev–Trinajstić information content (AvgIpc) is 2.00. The molecule has 1 aromatic rings. The van der Waals surface area contributed by atoms with Crippen LogP contribution < -0.4 is 5.32 Å². The second-order valence-electron chi connectivity index (χ2n) is 4.42. The highest BCUT2D eigenvalue weighted by Crippen LogP contribution is 2.18. The van der Waals surface area contributed by atoms with E-state index in [1.165, 1.54) is 0 Å². The summed E-state index contributed by atoms with van der Waals surface area (Å²) in [5.41, 5.74) is 1.38. The Balaban J connectivity index is 0.00000169. The Hall–Kier alpha value is -0.690. The number of benzene rings is 1. The zero-order valence-electron chi connectivity index (χ0n) is 8.39. The summed E-state index contributed by atoms with van der Waals surface area (Å²) in [4.78, 5) is 0. The molecule has 2 heteroatoms. The minimum atomic E-state index is 0. The van der Waals surface area contributed by atoms with Crippen LogP contribution in [0.15, 0.2) is 24.3 Å². The van der Waals surface area contributed by atoms with Crippen molar-refractivity contribution >= 4 is 17.3 Å². The second kappa shape index (κ2) is 5.26. The third-order valence-electron chi connectivity index (χ3n) is 1.65. The smallest absolute Gasteiger partial charge is 0.0426 e. The van der Waals surface area contributed by atoms with E-state index >= 15 is 0 Å². The molecule has 0 aliphatic carbocycles. The Kier molecular flexibility index (Phi) is 5.00. The van der Waals surface area contributed by atoms with E-state index in [0.717, 1.165) is 17.3 Å². The Morgan fingerprint density at radius 1 is 1.29 bits per heavy atom. The Labute approximate surface area is 92.5 Å². The molecule has 0 saturated carbocycles. The van der Waals surface area contributed by atoms with Gasteiger partial charge >= 0.3 is 0 Å². The van der Waals surface area contributed by atoms with Crippen LogP contribution >= 0.6 is 11.6 Å². The molecule has 0 bridgehead atoms. The molecule has 80 valence electrons. The van der Waals surface area contributed by atoms with Crippen molar-refractivity contribution in [1.82, 2.24) is 0 Å². The topological polar surface area (TPSA) is 12.0 Å². The van der Waals surface area contributed by atoms with Crippen LogP contribution in [0.2, 0.25) is 5.02 Å². The fraction of sp³-hybridized carbons (Fsp3) is 0.500. The van der Waals surface area contributed by atoms with Gasteiger partial charge in [-0.05, 0) is 23.6 Å². The van der Waals surface area contributed by atoms with Crippen molar-refractivity contribution in [2.45, 2.75) is 28.2 Å². The van der Waals surface area contributed by atoms with Crippen molar-refractivity contribution in [3.8, 4) is 0 Å². The van der Waals surface area contributed by atoms with E-state index in [0.29, 0.717) is 5.41 Å². The van der Waals surface area contributed by atoms with Crippen LogP contribution in [0.4, 0.5) is 5.69 Å². The van der Waals surface area contributed by atoms with Crippen LogP contribution in [0.3, 0.4) is 0 Å². The normalized spacial score (nSPS) is 10.6. The van der Waals surface area contributed by atoms with Gasteiger partial charge in [0.25, 0.3) is 0 Å². The minimum absolute atomic E-state index is 0. The van der Waals surface area contributed by atoms with E-state index < -0.39 is 0 Å². The number of hydrogen-bond acceptors (Lipinski definition) is 1. The first kappa shape index (κ1) is 13.3. The summed E-state index contributed by atoms with van der Waals surface area (Å²) in [6, 6.07) is 7.79. The first-order valence-electron chi connectivity index (χ1n) is 4.47. The molecule has 0 radical (unpaired) electrons. The number of halogens is 1. The van der Waals surface area contributed by atoms with E-state index in [-0.39, 0.29) is 7.43 Å². The number of hydrogen-bond donors (Lipinski definition) is 1. The summed E-state index contributed by atoms with van der Waals surface area (Å²) in [5, 5.41) is 4.12. The third-order valence-corrected chi connectivity index (χ3v) is 1.88. The summed E-state index contributed by atoms with van der Waals surface area (Å²) < 4.78 is 0. The number of anilines is 1. The van der Waals surface area contributed by atoms with E-state index in [2.05, 4.69) is 26.1 Å². The van der Waals surface area contributed by atoms with Crippen molar-refractivity contribution in [2.24, 2.45) is 5.41 Å². The summed E-state index contributed by atoms with van der Waals surface area (Å²) in [6.45, 7) is 7.55. The van der Waals surface area contributed by atoms with Crippen molar-refractivity contribution < 1.29 is 0 Å². The Morgan fingerprint density at radius 3 is 2.43 bits per heavy atom. The van der Waals surface area contributed by atoms with E-state index in [1.54, 1.807) is 0 Å². The molecule has 1 N–H and O–H groups in total. The maximum atomic E-state index is 5.85. The molecule has 0 atom stereocenters. The van der Waals surface area contributed by atoms with Crippen molar-refractivity contribution in [1.29, 1.82) is 0 Å². The van der Waals surface area contributed by atoms with Crippen LogP contribution in [-0.4, -0.2) is 6.54 Å². The van der Waals surface area contributed by atoms with Gasteiger partial charge in [0.2, 0.25) is 0 Å². The molecule has 0 heterocycles. The molecule has 1 aromatic carbocycles. The van der Waals surface area contributed by atoms with E-state index in [1.807, 2.05) is 24.3 Å². The number of nitrogens with one attached hydrogen (secondary N) is 1. The lowest BCUT2D eigenvalue weighted by Gasteiger charge is -2.19. The van der Waals surface area contributed by atoms with Gasteiger partial charge in [0, 0.05) is 17.3 Å². The minimum Gasteiger partial charge on any atom is -0.384 e. The Morgan fingerprint density at radius 2 is 1.93 bits per heavy atom. The van der Waals surface area contributed by atoms with Gasteiger partial charge in [0.15, 0.2) is 0 Å². The second-order valence-corrected chi connectivity index (χ2v) is 4.86. The molecule has 0 amide bonds. The van der Waals surface area contributed by atoms with Gasteiger partial charge in [-0.15, -0.1) is 0 Å². The van der Waals surface area contributed by atoms with Gasteiger partial charge in [0.05, 0.1) is 0 Å². The van der Waals surface area contributed by atoms with Crippen LogP contribution in [0.25, 0.3) is 0 Å². The summed E-state index contributed by atoms with van der Waals surface area (Å²) in [7, 11) is 0. The molecule has 0 aliphatic heterocycles. The molecule has 1 nitrogen and oxygen atoms in total. The molecule has 0 saturated heterocycles. The zero-order valence-corrected chi connectivity index (χ0v) is 9.15. The largest absolute Gasteiger partial charge is 0.384 e. The van der Waals surface area contributed by atoms with Crippen LogP contribution in [0, 0.1) is 5.41 Å². The first-order chi connectivity index (χ1) is 5.97. The zero-order chi connectivity index (χ0) is 9.90. The maximum absolute atomic E-state index is 5.85. The summed E-state index contributed by atoms with van der Waals surface area (Å²) in [5.74, 6) is 0. The van der Waals surface area contributed by atoms with Gasteiger partial charge in [-0.3, -0.25) is 0 Å². The lowest BCUT2D eigenvalue weighted by molar-refractivity contribution is 0.443. The molecule has 14 heavy (non-hydrogen) atoms. The highest BCUT2D eigenvalue weighted by Gasteiger charge is 2.08. The quantitative estimate of drug-likeness (QED) is 0.766. The van der Waals surface area contributed by atoms with E-state index in [9.17, 15) is 0 Å². The predicted molar refractivity (Wildman–Crippen MR) is 66.1 cm³/mol. The molecule has 0 aliphatic rings. The maximum Gasteiger partial charge on any atom is 0.0426 e. The molecule has 0 fully saturated rings. The van der Waals surface area contributed by atoms with Crippen molar-refractivity contribution in [3.05, 3.63) is 29.3 Å². The van der Waals surface area contributed by atoms with Gasteiger partial charge in [0.1, 0.15) is 0 Å². The molecule has 0 aromatic heterocycles. The van der Waals surface area contributed by atoms with Gasteiger partial charge in [-0.1, -0.05) is 45.9 Å². The molecular formula is C12H20ClN. The molecule has 0 spiro atoms. The average molecular weight is 214 g/mol. The lowest BCUT2D eigenvalue weighted by Crippen LogP contribution is -2.18. The fourth-order valence-corrected chi connectivity index (χ4v) is 1.16. The lowest BCUT2D eigenvalue weighted by atomic mass is 9.97. The first-order valence-corrected chi connectivity index (χ1v) is 4.85. The monoisotopic (exact) mass is 213 g/mol. The van der Waals surface area contributed by atoms with Gasteiger partial charge < -0.3 is 5.32 Å². The SMILES string of the molecule is C.CC(C)(C)CNc1cccc(Cl)c1. The third kappa shape index (κ3) is 5.13. The summed E-state index contributed by atoms with van der Waals surface area (Å²) >= 11 is 5.85. The van der Waals surface area contributed by atoms with Crippen LogP contribution in [0.5, 0.6) is 0 Å². The van der Waals surface area contributed by atoms with Gasteiger partial charge in [-0.2, -0.15) is 0 Å². The molecule has 0 unspecified atom stereocenters. The van der Waals surface area contributed by atoms with Gasteiger partial charge in [-0.25, -0.2) is 0 Å². The molecule has 1 rings (SSSR count). The van der Waals surface area contributed by atoms with Crippen LogP contribution in [-0.2, 0) is 0 Å². The van der Waals surface area contributed by atoms with E-state index in [4.69, 9.17) is 11.6 Å². The fourth-order valence-electron chi connectivity index (χ4n) is 0.966. The van der Waals surface area contributed by atoms with Crippen molar-refractivity contribution in [3.63, 3.8) is 0 Å². The summed E-state index contributed by atoms with van der Waals surface area (Å²) in [6.07, 6.45) is 0. The number of rotatable bonds is 2. The molecular weight excluding hydrogens is 194 g/mol. The Bertz CT molecular complexity index is 276. The standard InChI is InChI=1S/C11H16ClN.CH4/c1-11(2,3)8-13-10-6-4-5-9(12)7-10;/h4-7,13H,8H2,1-3H3;1H4.